The van der Waals surface area contributed by atoms with Gasteiger partial charge < -0.3 is 25.3 Å². The predicted octanol–water partition coefficient (Wildman–Crippen LogP) is -0.991. The molecule has 0 aliphatic rings. The van der Waals surface area contributed by atoms with Crippen LogP contribution in [-0.2, 0) is 24.0 Å². The van der Waals surface area contributed by atoms with Crippen molar-refractivity contribution in [3.05, 3.63) is 0 Å². The van der Waals surface area contributed by atoms with Crippen molar-refractivity contribution < 1.29 is 44.4 Å². The van der Waals surface area contributed by atoms with Crippen LogP contribution in [-0.4, -0.2) is 90.7 Å². The van der Waals surface area contributed by atoms with Crippen LogP contribution >= 0.6 is 0 Å². The van der Waals surface area contributed by atoms with E-state index in [1.807, 2.05) is 0 Å². The molecule has 0 saturated heterocycles. The van der Waals surface area contributed by atoms with Crippen molar-refractivity contribution in [2.24, 2.45) is 0 Å². The lowest BCUT2D eigenvalue weighted by molar-refractivity contribution is -0.161. The highest BCUT2D eigenvalue weighted by Gasteiger charge is 2.37. The van der Waals surface area contributed by atoms with Gasteiger partial charge in [-0.1, -0.05) is 0 Å². The van der Waals surface area contributed by atoms with Crippen LogP contribution in [0, 0.1) is 0 Å². The van der Waals surface area contributed by atoms with E-state index in [4.69, 9.17) is 20.4 Å². The summed E-state index contributed by atoms with van der Waals surface area (Å²) in [4.78, 5) is 58.5. The molecule has 0 bridgehead atoms. The van der Waals surface area contributed by atoms with Gasteiger partial charge in [-0.2, -0.15) is 0 Å². The third kappa shape index (κ3) is 5.71. The molecule has 142 valence electrons. The first-order valence-corrected chi connectivity index (χ1v) is 7.31. The number of rotatable bonds is 10. The Labute approximate surface area is 143 Å². The topological polar surface area (TPSA) is 173 Å². The number of nitrogens with zero attached hydrogens (tertiary/aromatic N) is 2. The largest absolute Gasteiger partial charge is 0.480 e. The van der Waals surface area contributed by atoms with Gasteiger partial charge in [0.25, 0.3) is 0 Å². The Morgan fingerprint density at radius 3 is 1.16 bits per heavy atom. The number of hydrogen-bond acceptors (Lipinski definition) is 6. The molecule has 0 fully saturated rings. The molecule has 0 aliphatic heterocycles. The Balaban J connectivity index is 5.72. The first-order valence-electron chi connectivity index (χ1n) is 7.31. The summed E-state index contributed by atoms with van der Waals surface area (Å²) < 4.78 is 0. The lowest BCUT2D eigenvalue weighted by Gasteiger charge is -2.34. The van der Waals surface area contributed by atoms with E-state index < -0.39 is 60.5 Å². The Bertz CT molecular complexity index is 523. The average molecular weight is 362 g/mol. The number of carboxylic acids is 4. The van der Waals surface area contributed by atoms with Crippen LogP contribution in [0.15, 0.2) is 0 Å². The highest BCUT2D eigenvalue weighted by Crippen LogP contribution is 2.12. The Hall–Kier alpha value is -2.69. The average Bonchev–Trinajstić information content (AvgIpc) is 2.50. The highest BCUT2D eigenvalue weighted by atomic mass is 16.4. The second-order valence-electron chi connectivity index (χ2n) is 5.53. The van der Waals surface area contributed by atoms with Crippen LogP contribution in [0.5, 0.6) is 0 Å². The van der Waals surface area contributed by atoms with Crippen LogP contribution in [0.2, 0.25) is 0 Å². The van der Waals surface area contributed by atoms with Crippen molar-refractivity contribution in [2.45, 2.75) is 51.9 Å². The molecule has 0 aromatic carbocycles. The third-order valence-electron chi connectivity index (χ3n) is 3.86. The molecule has 2 unspecified atom stereocenters. The van der Waals surface area contributed by atoms with E-state index in [1.54, 1.807) is 0 Å². The summed E-state index contributed by atoms with van der Waals surface area (Å²) in [7, 11) is 0. The van der Waals surface area contributed by atoms with Gasteiger partial charge in [0.15, 0.2) is 0 Å². The van der Waals surface area contributed by atoms with Crippen LogP contribution in [0.4, 0.5) is 0 Å². The quantitative estimate of drug-likeness (QED) is 0.378. The Morgan fingerprint density at radius 2 is 0.920 bits per heavy atom. The fourth-order valence-corrected chi connectivity index (χ4v) is 2.14. The molecule has 1 amide bonds. The predicted molar refractivity (Wildman–Crippen MR) is 81.9 cm³/mol. The van der Waals surface area contributed by atoms with Gasteiger partial charge in [0.05, 0.1) is 6.54 Å². The molecule has 0 rings (SSSR count). The maximum absolute atomic E-state index is 12.5. The zero-order chi connectivity index (χ0) is 20.1. The monoisotopic (exact) mass is 362 g/mol. The van der Waals surface area contributed by atoms with Crippen LogP contribution in [0.3, 0.4) is 0 Å². The van der Waals surface area contributed by atoms with Crippen molar-refractivity contribution in [1.82, 2.24) is 9.80 Å². The standard InChI is InChI=1S/C14H22N2O9/c1-6(11(18)19)15(7(2)12(20)21)5-10(17)16(8(3)13(22)23)9(4)14(24)25/h6-9H,5H2,1-4H3,(H,18,19)(H,20,21)(H,22,23)(H,24,25)/t6-,7?,8-,9?/m0/s1. The minimum Gasteiger partial charge on any atom is -0.480 e. The Kier molecular flexibility index (Phi) is 8.00. The highest BCUT2D eigenvalue weighted by molar-refractivity contribution is 5.90. The molecule has 25 heavy (non-hydrogen) atoms. The van der Waals surface area contributed by atoms with Crippen LogP contribution < -0.4 is 0 Å². The first-order chi connectivity index (χ1) is 11.3. The number of hydrogen-bond donors (Lipinski definition) is 4. The smallest absolute Gasteiger partial charge is 0.326 e. The Morgan fingerprint density at radius 1 is 0.640 bits per heavy atom. The van der Waals surface area contributed by atoms with Gasteiger partial charge in [-0.15, -0.1) is 0 Å². The van der Waals surface area contributed by atoms with Gasteiger partial charge in [-0.05, 0) is 27.7 Å². The van der Waals surface area contributed by atoms with Gasteiger partial charge in [0.2, 0.25) is 5.91 Å². The van der Waals surface area contributed by atoms with Crippen molar-refractivity contribution in [1.29, 1.82) is 0 Å². The zero-order valence-corrected chi connectivity index (χ0v) is 14.2. The molecule has 0 heterocycles. The molecule has 0 spiro atoms. The minimum atomic E-state index is -1.50. The molecule has 11 heteroatoms. The molecule has 0 aromatic heterocycles. The molecular formula is C14H22N2O9. The number of carboxylic acid groups (broad SMARTS) is 4. The lowest BCUT2D eigenvalue weighted by Crippen LogP contribution is -2.57. The van der Waals surface area contributed by atoms with Crippen LogP contribution in [0.25, 0.3) is 0 Å². The van der Waals surface area contributed by atoms with Crippen molar-refractivity contribution >= 4 is 29.8 Å². The SMILES string of the molecule is CC(C(=O)O)N(CC(=O)N(C(C)C(=O)O)[C@@H](C)C(=O)O)[C@@H](C)C(=O)O. The second kappa shape index (κ2) is 8.97. The molecule has 4 N–H and O–H groups in total. The fraction of sp³-hybridized carbons (Fsp3) is 0.643. The van der Waals surface area contributed by atoms with Crippen molar-refractivity contribution in [3.63, 3.8) is 0 Å². The second-order valence-corrected chi connectivity index (χ2v) is 5.53. The van der Waals surface area contributed by atoms with Gasteiger partial charge in [-0.25, -0.2) is 9.59 Å². The minimum absolute atomic E-state index is 0.570. The number of aliphatic carboxylic acids is 4. The summed E-state index contributed by atoms with van der Waals surface area (Å²) in [5.74, 6) is -6.68. The van der Waals surface area contributed by atoms with E-state index in [1.165, 1.54) is 13.8 Å². The fourth-order valence-electron chi connectivity index (χ4n) is 2.14. The lowest BCUT2D eigenvalue weighted by atomic mass is 10.1. The number of carbonyl (C=O) groups excluding carboxylic acids is 1. The van der Waals surface area contributed by atoms with E-state index in [-0.39, 0.29) is 0 Å². The summed E-state index contributed by atoms with van der Waals surface area (Å²) in [5.41, 5.74) is 0. The summed E-state index contributed by atoms with van der Waals surface area (Å²) in [5, 5.41) is 36.3. The molecular weight excluding hydrogens is 340 g/mol. The van der Waals surface area contributed by atoms with Gasteiger partial charge in [0, 0.05) is 0 Å². The normalized spacial score (nSPS) is 15.7. The van der Waals surface area contributed by atoms with Crippen molar-refractivity contribution in [3.8, 4) is 0 Å². The summed E-state index contributed by atoms with van der Waals surface area (Å²) in [6.45, 7) is 3.77. The van der Waals surface area contributed by atoms with Gasteiger partial charge >= 0.3 is 23.9 Å². The number of amides is 1. The number of carbonyl (C=O) groups is 5. The van der Waals surface area contributed by atoms with Gasteiger partial charge in [-0.3, -0.25) is 19.3 Å². The van der Waals surface area contributed by atoms with E-state index in [9.17, 15) is 24.0 Å². The first kappa shape index (κ1) is 22.3. The summed E-state index contributed by atoms with van der Waals surface area (Å²) in [6, 6.07) is -5.73. The van der Waals surface area contributed by atoms with E-state index in [0.29, 0.717) is 4.90 Å². The van der Waals surface area contributed by atoms with E-state index in [2.05, 4.69) is 0 Å². The van der Waals surface area contributed by atoms with Gasteiger partial charge in [0.1, 0.15) is 24.2 Å². The van der Waals surface area contributed by atoms with Crippen LogP contribution in [0.1, 0.15) is 27.7 Å². The summed E-state index contributed by atoms with van der Waals surface area (Å²) in [6.07, 6.45) is 0. The zero-order valence-electron chi connectivity index (χ0n) is 14.2. The van der Waals surface area contributed by atoms with Crippen molar-refractivity contribution in [2.75, 3.05) is 6.54 Å². The molecule has 4 atom stereocenters. The van der Waals surface area contributed by atoms with E-state index >= 15 is 0 Å². The van der Waals surface area contributed by atoms with E-state index in [0.717, 1.165) is 18.7 Å². The summed E-state index contributed by atoms with van der Waals surface area (Å²) >= 11 is 0. The maximum atomic E-state index is 12.5. The molecule has 0 saturated carbocycles. The molecule has 0 aliphatic carbocycles. The molecule has 0 radical (unpaired) electrons. The maximum Gasteiger partial charge on any atom is 0.326 e. The molecule has 11 nitrogen and oxygen atoms in total. The molecule has 0 aromatic rings. The third-order valence-corrected chi connectivity index (χ3v) is 3.86.